The summed E-state index contributed by atoms with van der Waals surface area (Å²) >= 11 is 0. The van der Waals surface area contributed by atoms with Gasteiger partial charge in [-0.3, -0.25) is 0 Å². The van der Waals surface area contributed by atoms with Crippen molar-refractivity contribution in [3.05, 3.63) is 287 Å². The van der Waals surface area contributed by atoms with E-state index in [2.05, 4.69) is 308 Å². The Balaban J connectivity index is 1.11. The Morgan fingerprint density at radius 3 is 0.471 bits per heavy atom. The van der Waals surface area contributed by atoms with Gasteiger partial charge in [0.15, 0.2) is 0 Å². The number of benzene rings is 9. The Kier molecular flexibility index (Phi) is 12.6. The second-order valence-electron chi connectivity index (χ2n) is 20.3. The van der Waals surface area contributed by atoms with Crippen LogP contribution in [-0.2, 0) is 21.7 Å². The van der Waals surface area contributed by atoms with Crippen molar-refractivity contribution in [2.24, 2.45) is 0 Å². The summed E-state index contributed by atoms with van der Waals surface area (Å²) in [6.07, 6.45) is 0. The first-order valence-electron chi connectivity index (χ1n) is 24.1. The van der Waals surface area contributed by atoms with Gasteiger partial charge in [0.2, 0.25) is 0 Å². The summed E-state index contributed by atoms with van der Waals surface area (Å²) in [5, 5.41) is 0. The quantitative estimate of drug-likeness (QED) is 0.107. The first kappa shape index (κ1) is 45.7. The van der Waals surface area contributed by atoms with Crippen molar-refractivity contribution < 1.29 is 0 Å². The lowest BCUT2D eigenvalue weighted by Crippen LogP contribution is -2.20. The van der Waals surface area contributed by atoms with Crippen molar-refractivity contribution in [3.63, 3.8) is 0 Å². The molecule has 0 saturated carbocycles. The van der Waals surface area contributed by atoms with Gasteiger partial charge in [-0.05, 0) is 117 Å². The summed E-state index contributed by atoms with van der Waals surface area (Å²) in [6.45, 7) is 18.5. The molecule has 9 aromatic carbocycles. The maximum atomic E-state index is 2.38. The van der Waals surface area contributed by atoms with Crippen LogP contribution in [0.1, 0.15) is 99.9 Å². The van der Waals surface area contributed by atoms with Gasteiger partial charge in [-0.25, -0.2) is 0 Å². The molecule has 0 bridgehead atoms. The van der Waals surface area contributed by atoms with Gasteiger partial charge >= 0.3 is 0 Å². The Labute approximate surface area is 406 Å². The van der Waals surface area contributed by atoms with Crippen molar-refractivity contribution in [1.82, 2.24) is 0 Å². The lowest BCUT2D eigenvalue weighted by molar-refractivity contribution is 0.640. The summed E-state index contributed by atoms with van der Waals surface area (Å²) in [4.78, 5) is 4.77. The van der Waals surface area contributed by atoms with Gasteiger partial charge < -0.3 is 9.80 Å². The van der Waals surface area contributed by atoms with Gasteiger partial charge in [0, 0.05) is 55.8 Å². The van der Waals surface area contributed by atoms with Gasteiger partial charge in [0.1, 0.15) is 0 Å². The molecule has 9 rings (SSSR count). The Morgan fingerprint density at radius 2 is 0.309 bits per heavy atom. The zero-order chi connectivity index (χ0) is 47.5. The van der Waals surface area contributed by atoms with E-state index in [9.17, 15) is 0 Å². The molecular weight excluding hydrogens is 821 g/mol. The second kappa shape index (κ2) is 18.7. The van der Waals surface area contributed by atoms with Crippen LogP contribution in [0.15, 0.2) is 243 Å². The maximum Gasteiger partial charge on any atom is 0.0463 e. The van der Waals surface area contributed by atoms with Crippen molar-refractivity contribution in [3.8, 4) is 0 Å². The van der Waals surface area contributed by atoms with Gasteiger partial charge in [-0.2, -0.15) is 0 Å². The summed E-state index contributed by atoms with van der Waals surface area (Å²) in [7, 11) is 0. The van der Waals surface area contributed by atoms with Crippen LogP contribution < -0.4 is 9.80 Å². The SMILES string of the molecule is CC(C)(c1ccccc1)c1ccc(N(c2ccc(N(c3ccc(C(C)(C)c4ccccc4)cc3)c3ccc(C(C)(C)c4ccccc4)cc3)cc2)c2ccc(C(C)(C)c3ccccc3)cc2)cc1. The molecule has 0 fully saturated rings. The average molecular weight is 885 g/mol. The molecule has 0 spiro atoms. The summed E-state index contributed by atoms with van der Waals surface area (Å²) in [6, 6.07) is 88.8. The Morgan fingerprint density at radius 1 is 0.176 bits per heavy atom. The van der Waals surface area contributed by atoms with E-state index in [1.165, 1.54) is 44.5 Å². The molecule has 0 N–H and O–H groups in total. The molecule has 0 saturated heterocycles. The van der Waals surface area contributed by atoms with E-state index in [1.807, 2.05) is 0 Å². The largest absolute Gasteiger partial charge is 0.311 e. The van der Waals surface area contributed by atoms with E-state index in [-0.39, 0.29) is 21.7 Å². The average Bonchev–Trinajstić information content (AvgIpc) is 3.38. The van der Waals surface area contributed by atoms with Crippen LogP contribution in [0.2, 0.25) is 0 Å². The zero-order valence-corrected chi connectivity index (χ0v) is 41.0. The second-order valence-corrected chi connectivity index (χ2v) is 20.3. The molecule has 0 aliphatic carbocycles. The third-order valence-electron chi connectivity index (χ3n) is 14.7. The zero-order valence-electron chi connectivity index (χ0n) is 41.0. The molecule has 0 amide bonds. The first-order valence-corrected chi connectivity index (χ1v) is 24.1. The van der Waals surface area contributed by atoms with Crippen molar-refractivity contribution in [2.45, 2.75) is 77.0 Å². The van der Waals surface area contributed by atoms with Crippen LogP contribution in [0.5, 0.6) is 0 Å². The standard InChI is InChI=1S/C66H64N2/c1-63(2,49-21-13-9-14-22-49)53-29-37-57(38-30-53)67(58-39-31-54(32-40-58)64(3,4)50-23-15-10-16-24-50)61-45-47-62(48-46-61)68(59-41-33-55(34-42-59)65(5,6)51-25-17-11-18-26-51)60-43-35-56(36-44-60)66(7,8)52-27-19-12-20-28-52/h9-48H,1-8H3. The molecule has 0 atom stereocenters. The highest BCUT2D eigenvalue weighted by molar-refractivity contribution is 5.81. The fraction of sp³-hybridized carbons (Fsp3) is 0.182. The van der Waals surface area contributed by atoms with Crippen LogP contribution in [0.3, 0.4) is 0 Å². The van der Waals surface area contributed by atoms with E-state index in [0.29, 0.717) is 0 Å². The van der Waals surface area contributed by atoms with Crippen LogP contribution >= 0.6 is 0 Å². The topological polar surface area (TPSA) is 6.48 Å². The molecule has 68 heavy (non-hydrogen) atoms. The Bertz CT molecular complexity index is 2620. The van der Waals surface area contributed by atoms with Gasteiger partial charge in [0.25, 0.3) is 0 Å². The third kappa shape index (κ3) is 9.04. The van der Waals surface area contributed by atoms with Crippen LogP contribution in [-0.4, -0.2) is 0 Å². The van der Waals surface area contributed by atoms with Crippen molar-refractivity contribution in [2.75, 3.05) is 9.80 Å². The molecule has 0 aromatic heterocycles. The lowest BCUT2D eigenvalue weighted by Gasteiger charge is -2.31. The van der Waals surface area contributed by atoms with Crippen molar-refractivity contribution in [1.29, 1.82) is 0 Å². The maximum absolute atomic E-state index is 2.38. The highest BCUT2D eigenvalue weighted by atomic mass is 15.2. The predicted octanol–water partition coefficient (Wildman–Crippen LogP) is 17.9. The number of hydrogen-bond acceptors (Lipinski definition) is 2. The van der Waals surface area contributed by atoms with E-state index < -0.39 is 0 Å². The molecule has 9 aromatic rings. The molecule has 0 aliphatic rings. The number of anilines is 6. The third-order valence-corrected chi connectivity index (χ3v) is 14.7. The van der Waals surface area contributed by atoms with Gasteiger partial charge in [-0.1, -0.05) is 225 Å². The summed E-state index contributed by atoms with van der Waals surface area (Å²) in [5.74, 6) is 0. The molecule has 0 heterocycles. The molecule has 0 aliphatic heterocycles. The monoisotopic (exact) mass is 885 g/mol. The normalized spacial score (nSPS) is 12.1. The van der Waals surface area contributed by atoms with E-state index in [4.69, 9.17) is 0 Å². The molecule has 2 heteroatoms. The van der Waals surface area contributed by atoms with Gasteiger partial charge in [0.05, 0.1) is 0 Å². The van der Waals surface area contributed by atoms with E-state index in [1.54, 1.807) is 0 Å². The minimum absolute atomic E-state index is 0.147. The summed E-state index contributed by atoms with van der Waals surface area (Å²) in [5.41, 5.74) is 16.3. The number of nitrogens with zero attached hydrogens (tertiary/aromatic N) is 2. The molecule has 2 nitrogen and oxygen atoms in total. The minimum Gasteiger partial charge on any atom is -0.311 e. The van der Waals surface area contributed by atoms with Crippen LogP contribution in [0, 0.1) is 0 Å². The smallest absolute Gasteiger partial charge is 0.0463 e. The van der Waals surface area contributed by atoms with Gasteiger partial charge in [-0.15, -0.1) is 0 Å². The van der Waals surface area contributed by atoms with E-state index >= 15 is 0 Å². The highest BCUT2D eigenvalue weighted by Crippen LogP contribution is 2.43. The predicted molar refractivity (Wildman–Crippen MR) is 290 cm³/mol. The van der Waals surface area contributed by atoms with Crippen LogP contribution in [0.25, 0.3) is 0 Å². The number of rotatable bonds is 14. The highest BCUT2D eigenvalue weighted by Gasteiger charge is 2.28. The minimum atomic E-state index is -0.147. The van der Waals surface area contributed by atoms with Crippen LogP contribution in [0.4, 0.5) is 34.1 Å². The van der Waals surface area contributed by atoms with E-state index in [0.717, 1.165) is 34.1 Å². The fourth-order valence-electron chi connectivity index (χ4n) is 9.84. The lowest BCUT2D eigenvalue weighted by atomic mass is 9.78. The first-order chi connectivity index (χ1) is 32.7. The molecular formula is C66H64N2. The molecule has 338 valence electrons. The fourth-order valence-corrected chi connectivity index (χ4v) is 9.84. The number of hydrogen-bond donors (Lipinski definition) is 0. The Hall–Kier alpha value is -7.42. The summed E-state index contributed by atoms with van der Waals surface area (Å²) < 4.78 is 0. The molecule has 0 unspecified atom stereocenters. The molecule has 0 radical (unpaired) electrons. The van der Waals surface area contributed by atoms with Crippen molar-refractivity contribution >= 4 is 34.1 Å².